The largest absolute Gasteiger partial charge is 0.388 e. The quantitative estimate of drug-likeness (QED) is 0.710. The second-order valence-corrected chi connectivity index (χ2v) is 3.27. The fourth-order valence-electron chi connectivity index (χ4n) is 0.844. The van der Waals surface area contributed by atoms with E-state index in [2.05, 4.69) is 4.98 Å². The van der Waals surface area contributed by atoms with E-state index in [1.54, 1.807) is 11.7 Å². The lowest BCUT2D eigenvalue weighted by molar-refractivity contribution is 0.169. The van der Waals surface area contributed by atoms with E-state index in [1.165, 1.54) is 11.3 Å². The molecule has 0 aliphatic heterocycles. The van der Waals surface area contributed by atoms with Gasteiger partial charge in [0.05, 0.1) is 16.5 Å². The minimum atomic E-state index is -0.369. The van der Waals surface area contributed by atoms with Crippen LogP contribution in [0, 0.1) is 0 Å². The number of aliphatic hydroxyl groups excluding tert-OH is 1. The van der Waals surface area contributed by atoms with Crippen molar-refractivity contribution in [2.75, 3.05) is 6.54 Å². The second-order valence-electron chi connectivity index (χ2n) is 2.35. The molecular weight excluding hydrogens is 160 g/mol. The summed E-state index contributed by atoms with van der Waals surface area (Å²) < 4.78 is 0. The van der Waals surface area contributed by atoms with Gasteiger partial charge in [-0.25, -0.2) is 0 Å². The summed E-state index contributed by atoms with van der Waals surface area (Å²) in [5, 5.41) is 9.46. The van der Waals surface area contributed by atoms with Gasteiger partial charge in [0.1, 0.15) is 0 Å². The van der Waals surface area contributed by atoms with E-state index in [4.69, 9.17) is 5.73 Å². The van der Waals surface area contributed by atoms with Crippen molar-refractivity contribution < 1.29 is 5.11 Å². The van der Waals surface area contributed by atoms with Crippen molar-refractivity contribution in [1.29, 1.82) is 0 Å². The predicted octanol–water partition coefficient (Wildman–Crippen LogP) is 0.915. The van der Waals surface area contributed by atoms with E-state index in [0.717, 1.165) is 17.7 Å². The van der Waals surface area contributed by atoms with Crippen LogP contribution < -0.4 is 5.73 Å². The molecule has 1 heterocycles. The van der Waals surface area contributed by atoms with Crippen LogP contribution in [0.1, 0.15) is 23.8 Å². The van der Waals surface area contributed by atoms with Gasteiger partial charge in [0.15, 0.2) is 0 Å². The Balaban J connectivity index is 2.36. The Labute approximate surface area is 69.9 Å². The number of thiazole rings is 1. The first-order valence-corrected chi connectivity index (χ1v) is 4.49. The molecule has 62 valence electrons. The Kier molecular flexibility index (Phi) is 3.48. The average molecular weight is 172 g/mol. The number of hydrogen-bond acceptors (Lipinski definition) is 4. The molecule has 1 rings (SSSR count). The Morgan fingerprint density at radius 3 is 3.09 bits per heavy atom. The Hall–Kier alpha value is -0.450. The first kappa shape index (κ1) is 8.64. The fourth-order valence-corrected chi connectivity index (χ4v) is 1.48. The van der Waals surface area contributed by atoms with E-state index < -0.39 is 0 Å². The molecule has 0 spiro atoms. The molecule has 1 unspecified atom stereocenters. The van der Waals surface area contributed by atoms with Gasteiger partial charge in [-0.3, -0.25) is 4.98 Å². The molecule has 0 fully saturated rings. The first-order valence-electron chi connectivity index (χ1n) is 3.61. The molecule has 0 saturated heterocycles. The van der Waals surface area contributed by atoms with Crippen molar-refractivity contribution >= 4 is 11.3 Å². The van der Waals surface area contributed by atoms with Gasteiger partial charge >= 0.3 is 0 Å². The molecule has 1 atom stereocenters. The molecule has 1 aromatic heterocycles. The van der Waals surface area contributed by atoms with Crippen molar-refractivity contribution in [1.82, 2.24) is 4.98 Å². The summed E-state index contributed by atoms with van der Waals surface area (Å²) in [6.07, 6.45) is 2.93. The van der Waals surface area contributed by atoms with E-state index in [-0.39, 0.29) is 6.10 Å². The zero-order valence-corrected chi connectivity index (χ0v) is 7.05. The summed E-state index contributed by atoms with van der Waals surface area (Å²) in [6.45, 7) is 0.635. The van der Waals surface area contributed by atoms with Gasteiger partial charge in [-0.2, -0.15) is 0 Å². The third-order valence-electron chi connectivity index (χ3n) is 1.46. The Morgan fingerprint density at radius 1 is 1.73 bits per heavy atom. The highest BCUT2D eigenvalue weighted by atomic mass is 32.1. The number of aliphatic hydroxyl groups is 1. The standard InChI is InChI=1S/C7H12N2OS/c8-3-1-2-6(10)7-4-9-5-11-7/h4-6,10H,1-3,8H2. The number of rotatable bonds is 4. The molecule has 0 saturated carbocycles. The van der Waals surface area contributed by atoms with Crippen LogP contribution >= 0.6 is 11.3 Å². The molecule has 1 aromatic rings. The highest BCUT2D eigenvalue weighted by Crippen LogP contribution is 2.20. The zero-order valence-electron chi connectivity index (χ0n) is 6.23. The molecule has 3 nitrogen and oxygen atoms in total. The van der Waals surface area contributed by atoms with Gasteiger partial charge in [0, 0.05) is 6.20 Å². The Bertz CT molecular complexity index is 188. The maximum atomic E-state index is 9.46. The number of nitrogens with two attached hydrogens (primary N) is 1. The molecule has 11 heavy (non-hydrogen) atoms. The zero-order chi connectivity index (χ0) is 8.10. The highest BCUT2D eigenvalue weighted by molar-refractivity contribution is 7.09. The van der Waals surface area contributed by atoms with Crippen LogP contribution in [-0.2, 0) is 0 Å². The van der Waals surface area contributed by atoms with Crippen molar-refractivity contribution in [3.8, 4) is 0 Å². The summed E-state index contributed by atoms with van der Waals surface area (Å²) >= 11 is 1.48. The summed E-state index contributed by atoms with van der Waals surface area (Å²) in [6, 6.07) is 0. The molecule has 0 bridgehead atoms. The lowest BCUT2D eigenvalue weighted by atomic mass is 10.2. The van der Waals surface area contributed by atoms with E-state index in [1.807, 2.05) is 0 Å². The van der Waals surface area contributed by atoms with Gasteiger partial charge < -0.3 is 10.8 Å². The normalized spacial score (nSPS) is 13.3. The van der Waals surface area contributed by atoms with Gasteiger partial charge in [0.2, 0.25) is 0 Å². The smallest absolute Gasteiger partial charge is 0.0898 e. The monoisotopic (exact) mass is 172 g/mol. The van der Waals surface area contributed by atoms with E-state index in [0.29, 0.717) is 6.54 Å². The predicted molar refractivity (Wildman–Crippen MR) is 45.4 cm³/mol. The van der Waals surface area contributed by atoms with Crippen LogP contribution in [0.3, 0.4) is 0 Å². The van der Waals surface area contributed by atoms with Gasteiger partial charge in [-0.1, -0.05) is 0 Å². The molecule has 0 radical (unpaired) electrons. The van der Waals surface area contributed by atoms with E-state index in [9.17, 15) is 5.11 Å². The summed E-state index contributed by atoms with van der Waals surface area (Å²) in [5.41, 5.74) is 7.03. The molecular formula is C7H12N2OS. The van der Waals surface area contributed by atoms with Crippen molar-refractivity contribution in [3.63, 3.8) is 0 Å². The number of nitrogens with zero attached hydrogens (tertiary/aromatic N) is 1. The topological polar surface area (TPSA) is 59.1 Å². The minimum Gasteiger partial charge on any atom is -0.388 e. The first-order chi connectivity index (χ1) is 5.34. The summed E-state index contributed by atoms with van der Waals surface area (Å²) in [7, 11) is 0. The minimum absolute atomic E-state index is 0.369. The molecule has 0 aromatic carbocycles. The molecule has 4 heteroatoms. The van der Waals surface area contributed by atoms with Crippen LogP contribution in [0.4, 0.5) is 0 Å². The van der Waals surface area contributed by atoms with Crippen molar-refractivity contribution in [2.24, 2.45) is 5.73 Å². The number of aromatic nitrogens is 1. The van der Waals surface area contributed by atoms with Crippen molar-refractivity contribution in [2.45, 2.75) is 18.9 Å². The molecule has 0 aliphatic carbocycles. The lowest BCUT2D eigenvalue weighted by Gasteiger charge is -2.05. The lowest BCUT2D eigenvalue weighted by Crippen LogP contribution is -2.02. The van der Waals surface area contributed by atoms with Crippen LogP contribution in [0.2, 0.25) is 0 Å². The SMILES string of the molecule is NCCCC(O)c1cncs1. The number of hydrogen-bond donors (Lipinski definition) is 2. The van der Waals surface area contributed by atoms with Gasteiger partial charge in [-0.05, 0) is 19.4 Å². The summed E-state index contributed by atoms with van der Waals surface area (Å²) in [5.74, 6) is 0. The molecule has 3 N–H and O–H groups in total. The van der Waals surface area contributed by atoms with E-state index >= 15 is 0 Å². The maximum absolute atomic E-state index is 9.46. The highest BCUT2D eigenvalue weighted by Gasteiger charge is 2.07. The third kappa shape index (κ3) is 2.57. The fraction of sp³-hybridized carbons (Fsp3) is 0.571. The molecule has 0 aliphatic rings. The third-order valence-corrected chi connectivity index (χ3v) is 2.34. The second kappa shape index (κ2) is 4.43. The van der Waals surface area contributed by atoms with Crippen molar-refractivity contribution in [3.05, 3.63) is 16.6 Å². The maximum Gasteiger partial charge on any atom is 0.0898 e. The van der Waals surface area contributed by atoms with Crippen LogP contribution in [0.15, 0.2) is 11.7 Å². The average Bonchev–Trinajstić information content (AvgIpc) is 2.52. The van der Waals surface area contributed by atoms with Gasteiger partial charge in [-0.15, -0.1) is 11.3 Å². The van der Waals surface area contributed by atoms with Crippen LogP contribution in [0.25, 0.3) is 0 Å². The van der Waals surface area contributed by atoms with Crippen LogP contribution in [0.5, 0.6) is 0 Å². The van der Waals surface area contributed by atoms with Gasteiger partial charge in [0.25, 0.3) is 0 Å². The molecule has 0 amide bonds. The Morgan fingerprint density at radius 2 is 2.55 bits per heavy atom. The summed E-state index contributed by atoms with van der Waals surface area (Å²) in [4.78, 5) is 4.81. The van der Waals surface area contributed by atoms with Crippen LogP contribution in [-0.4, -0.2) is 16.6 Å².